The summed E-state index contributed by atoms with van der Waals surface area (Å²) in [7, 11) is 0. The number of fused-ring (bicyclic) bond motifs is 7. The van der Waals surface area contributed by atoms with Gasteiger partial charge in [0.05, 0.1) is 11.0 Å². The molecule has 2 aromatic heterocycles. The molecule has 0 aliphatic carbocycles. The van der Waals surface area contributed by atoms with Gasteiger partial charge in [-0.2, -0.15) is 0 Å². The fraction of sp³-hybridized carbons (Fsp3) is 0. The minimum atomic E-state index is 0.897. The molecule has 0 aliphatic rings. The van der Waals surface area contributed by atoms with Gasteiger partial charge in [-0.1, -0.05) is 152 Å². The third-order valence-corrected chi connectivity index (χ3v) is 12.2. The largest absolute Gasteiger partial charge is 0.456 e. The topological polar surface area (TPSA) is 21.3 Å². The van der Waals surface area contributed by atoms with Gasteiger partial charge in [-0.3, -0.25) is 0 Å². The van der Waals surface area contributed by atoms with E-state index in [9.17, 15) is 0 Å². The summed E-state index contributed by atoms with van der Waals surface area (Å²) in [5.41, 5.74) is 15.7. The predicted octanol–water partition coefficient (Wildman–Crippen LogP) is 16.3. The summed E-state index contributed by atoms with van der Waals surface area (Å²) in [4.78, 5) is 2.33. The maximum absolute atomic E-state index is 6.37. The van der Waals surface area contributed by atoms with Crippen LogP contribution in [0, 0.1) is 0 Å². The SMILES string of the molecule is c1ccc(N(c2ccc(-c3cccc(-n4c5ccccc5c5ccccc54)c3)cc2)c2ccc(-c3ccc4ccccc4c3-c3ccc4c(c3)oc3ccccc34)cc2)cc1. The van der Waals surface area contributed by atoms with Gasteiger partial charge in [-0.25, -0.2) is 0 Å². The Hall–Kier alpha value is -8.14. The number of hydrogen-bond acceptors (Lipinski definition) is 2. The van der Waals surface area contributed by atoms with Crippen molar-refractivity contribution in [1.29, 1.82) is 0 Å². The van der Waals surface area contributed by atoms with Gasteiger partial charge in [0.2, 0.25) is 0 Å². The number of hydrogen-bond donors (Lipinski definition) is 0. The zero-order valence-electron chi connectivity index (χ0n) is 33.2. The van der Waals surface area contributed by atoms with Crippen LogP contribution in [0.3, 0.4) is 0 Å². The highest BCUT2D eigenvalue weighted by atomic mass is 16.3. The molecule has 0 spiro atoms. The molecule has 0 fully saturated rings. The van der Waals surface area contributed by atoms with Gasteiger partial charge in [-0.15, -0.1) is 0 Å². The van der Waals surface area contributed by atoms with E-state index in [2.05, 4.69) is 228 Å². The van der Waals surface area contributed by atoms with Gasteiger partial charge >= 0.3 is 0 Å². The van der Waals surface area contributed by atoms with Crippen molar-refractivity contribution < 1.29 is 4.42 Å². The molecule has 61 heavy (non-hydrogen) atoms. The first kappa shape index (κ1) is 34.9. The Morgan fingerprint density at radius 1 is 0.328 bits per heavy atom. The summed E-state index contributed by atoms with van der Waals surface area (Å²) in [6.45, 7) is 0. The number of benzene rings is 10. The molecule has 0 amide bonds. The number of rotatable bonds is 7. The average Bonchev–Trinajstić information content (AvgIpc) is 3.88. The maximum atomic E-state index is 6.37. The van der Waals surface area contributed by atoms with E-state index in [1.54, 1.807) is 0 Å². The van der Waals surface area contributed by atoms with Crippen molar-refractivity contribution in [2.24, 2.45) is 0 Å². The van der Waals surface area contributed by atoms with Crippen molar-refractivity contribution in [2.75, 3.05) is 4.90 Å². The third kappa shape index (κ3) is 5.90. The molecule has 0 aliphatic heterocycles. The van der Waals surface area contributed by atoms with Crippen LogP contribution in [0.5, 0.6) is 0 Å². The molecule has 0 N–H and O–H groups in total. The summed E-state index contributed by atoms with van der Waals surface area (Å²) >= 11 is 0. The van der Waals surface area contributed by atoms with E-state index in [1.165, 1.54) is 54.8 Å². The monoisotopic (exact) mass is 778 g/mol. The summed E-state index contributed by atoms with van der Waals surface area (Å²) in [6, 6.07) is 82.9. The summed E-state index contributed by atoms with van der Waals surface area (Å²) in [5.74, 6) is 0. The molecule has 12 aromatic rings. The van der Waals surface area contributed by atoms with Gasteiger partial charge in [0.25, 0.3) is 0 Å². The van der Waals surface area contributed by atoms with E-state index in [4.69, 9.17) is 4.42 Å². The second kappa shape index (κ2) is 14.3. The molecule has 0 unspecified atom stereocenters. The van der Waals surface area contributed by atoms with Crippen molar-refractivity contribution in [1.82, 2.24) is 4.57 Å². The van der Waals surface area contributed by atoms with E-state index in [-0.39, 0.29) is 0 Å². The second-order valence-corrected chi connectivity index (χ2v) is 15.7. The molecule has 286 valence electrons. The lowest BCUT2D eigenvalue weighted by Crippen LogP contribution is -2.09. The first-order valence-electron chi connectivity index (χ1n) is 20.8. The summed E-state index contributed by atoms with van der Waals surface area (Å²) < 4.78 is 8.75. The fourth-order valence-corrected chi connectivity index (χ4v) is 9.35. The molecule has 0 bridgehead atoms. The number of furan rings is 1. The van der Waals surface area contributed by atoms with Crippen molar-refractivity contribution >= 4 is 71.6 Å². The van der Waals surface area contributed by atoms with E-state index in [0.717, 1.165) is 55.8 Å². The van der Waals surface area contributed by atoms with Crippen LogP contribution < -0.4 is 4.90 Å². The van der Waals surface area contributed by atoms with E-state index >= 15 is 0 Å². The predicted molar refractivity (Wildman–Crippen MR) is 257 cm³/mol. The van der Waals surface area contributed by atoms with Crippen LogP contribution >= 0.6 is 0 Å². The number of nitrogens with zero attached hydrogens (tertiary/aromatic N) is 2. The van der Waals surface area contributed by atoms with Crippen LogP contribution in [0.1, 0.15) is 0 Å². The minimum Gasteiger partial charge on any atom is -0.456 e. The lowest BCUT2D eigenvalue weighted by molar-refractivity contribution is 0.669. The lowest BCUT2D eigenvalue weighted by atomic mass is 9.89. The highest BCUT2D eigenvalue weighted by Crippen LogP contribution is 2.43. The Morgan fingerprint density at radius 2 is 0.902 bits per heavy atom. The van der Waals surface area contributed by atoms with E-state index in [1.807, 2.05) is 12.1 Å². The lowest BCUT2D eigenvalue weighted by Gasteiger charge is -2.26. The number of anilines is 3. The molecule has 10 aromatic carbocycles. The van der Waals surface area contributed by atoms with Crippen LogP contribution in [0.15, 0.2) is 235 Å². The third-order valence-electron chi connectivity index (χ3n) is 12.2. The highest BCUT2D eigenvalue weighted by molar-refractivity contribution is 6.10. The summed E-state index contributed by atoms with van der Waals surface area (Å²) in [6.07, 6.45) is 0. The molecule has 0 radical (unpaired) electrons. The Balaban J connectivity index is 0.914. The van der Waals surface area contributed by atoms with Crippen molar-refractivity contribution in [3.63, 3.8) is 0 Å². The van der Waals surface area contributed by atoms with Gasteiger partial charge in [-0.05, 0) is 123 Å². The molecular weight excluding hydrogens is 741 g/mol. The molecule has 3 nitrogen and oxygen atoms in total. The Kier molecular flexibility index (Phi) is 8.17. The van der Waals surface area contributed by atoms with E-state index < -0.39 is 0 Å². The van der Waals surface area contributed by atoms with Crippen LogP contribution in [-0.4, -0.2) is 4.57 Å². The van der Waals surface area contributed by atoms with Crippen molar-refractivity contribution in [3.05, 3.63) is 231 Å². The standard InChI is InChI=1S/C58H38N2O/c1-2-15-44(16-3-1)59(45-31-25-39(26-32-45)42-14-12-17-47(37-42)60-54-22-9-6-19-50(54)51-20-7-10-23-55(51)60)46-33-27-41(28-34-46)49-35-29-40-13-4-5-18-48(40)58(49)43-30-36-53-52-21-8-11-24-56(52)61-57(53)38-43/h1-38H. The van der Waals surface area contributed by atoms with Crippen LogP contribution in [-0.2, 0) is 0 Å². The first-order chi connectivity index (χ1) is 30.2. The molecule has 12 rings (SSSR count). The number of aromatic nitrogens is 1. The Bertz CT molecular complexity index is 3520. The Morgan fingerprint density at radius 3 is 1.64 bits per heavy atom. The van der Waals surface area contributed by atoms with Gasteiger partial charge in [0, 0.05) is 44.3 Å². The minimum absolute atomic E-state index is 0.897. The maximum Gasteiger partial charge on any atom is 0.136 e. The molecule has 0 saturated carbocycles. The van der Waals surface area contributed by atoms with Crippen LogP contribution in [0.4, 0.5) is 17.1 Å². The summed E-state index contributed by atoms with van der Waals surface area (Å²) in [5, 5.41) is 7.22. The van der Waals surface area contributed by atoms with Crippen LogP contribution in [0.25, 0.3) is 93.6 Å². The van der Waals surface area contributed by atoms with Gasteiger partial charge in [0.15, 0.2) is 0 Å². The van der Waals surface area contributed by atoms with Crippen molar-refractivity contribution in [3.8, 4) is 39.1 Å². The molecular formula is C58H38N2O. The Labute approximate surface area is 353 Å². The van der Waals surface area contributed by atoms with Crippen LogP contribution in [0.2, 0.25) is 0 Å². The second-order valence-electron chi connectivity index (χ2n) is 15.7. The molecule has 2 heterocycles. The molecule has 3 heteroatoms. The fourth-order valence-electron chi connectivity index (χ4n) is 9.35. The number of para-hydroxylation sites is 4. The van der Waals surface area contributed by atoms with Gasteiger partial charge in [0.1, 0.15) is 11.2 Å². The zero-order chi connectivity index (χ0) is 40.3. The molecule has 0 atom stereocenters. The zero-order valence-corrected chi connectivity index (χ0v) is 33.2. The smallest absolute Gasteiger partial charge is 0.136 e. The highest BCUT2D eigenvalue weighted by Gasteiger charge is 2.18. The van der Waals surface area contributed by atoms with Crippen molar-refractivity contribution in [2.45, 2.75) is 0 Å². The quantitative estimate of drug-likeness (QED) is 0.161. The average molecular weight is 779 g/mol. The van der Waals surface area contributed by atoms with E-state index in [0.29, 0.717) is 0 Å². The van der Waals surface area contributed by atoms with Gasteiger partial charge < -0.3 is 13.9 Å². The normalized spacial score (nSPS) is 11.6. The first-order valence-corrected chi connectivity index (χ1v) is 20.8. The molecule has 0 saturated heterocycles.